The van der Waals surface area contributed by atoms with Gasteiger partial charge in [0.25, 0.3) is 0 Å². The monoisotopic (exact) mass is 222 g/mol. The number of hydrogen-bond donors (Lipinski definition) is 1. The summed E-state index contributed by atoms with van der Waals surface area (Å²) in [5, 5.41) is 3.13. The van der Waals surface area contributed by atoms with E-state index in [-0.39, 0.29) is 0 Å². The standard InChI is InChI=1S/C12H22N4/c1-5-10-9-11(6-2)15-12(14-10)16(4)8-7-13-3/h9,13H,5-8H2,1-4H3. The average Bonchev–Trinajstić information content (AvgIpc) is 2.35. The van der Waals surface area contributed by atoms with Crippen LogP contribution < -0.4 is 10.2 Å². The molecule has 0 spiro atoms. The van der Waals surface area contributed by atoms with E-state index in [0.29, 0.717) is 0 Å². The van der Waals surface area contributed by atoms with E-state index in [9.17, 15) is 0 Å². The molecule has 16 heavy (non-hydrogen) atoms. The van der Waals surface area contributed by atoms with Crippen molar-refractivity contribution in [2.75, 3.05) is 32.1 Å². The van der Waals surface area contributed by atoms with Crippen LogP contribution in [0.3, 0.4) is 0 Å². The molecule has 0 atom stereocenters. The van der Waals surface area contributed by atoms with Crippen molar-refractivity contribution in [1.29, 1.82) is 0 Å². The average molecular weight is 222 g/mol. The summed E-state index contributed by atoms with van der Waals surface area (Å²) in [5.41, 5.74) is 2.25. The molecule has 1 rings (SSSR count). The molecule has 0 aromatic carbocycles. The van der Waals surface area contributed by atoms with Gasteiger partial charge in [-0.05, 0) is 26.0 Å². The number of rotatable bonds is 6. The fourth-order valence-corrected chi connectivity index (χ4v) is 1.45. The summed E-state index contributed by atoms with van der Waals surface area (Å²) in [7, 11) is 3.99. The van der Waals surface area contributed by atoms with E-state index in [1.807, 2.05) is 14.1 Å². The van der Waals surface area contributed by atoms with Crippen molar-refractivity contribution in [2.45, 2.75) is 26.7 Å². The number of aromatic nitrogens is 2. The first-order chi connectivity index (χ1) is 7.71. The van der Waals surface area contributed by atoms with Crippen LogP contribution in [0.15, 0.2) is 6.07 Å². The summed E-state index contributed by atoms with van der Waals surface area (Å²) in [6.07, 6.45) is 1.92. The molecular weight excluding hydrogens is 200 g/mol. The van der Waals surface area contributed by atoms with E-state index in [0.717, 1.165) is 43.3 Å². The van der Waals surface area contributed by atoms with Crippen LogP contribution in [0.5, 0.6) is 0 Å². The quantitative estimate of drug-likeness (QED) is 0.786. The second-order valence-electron chi connectivity index (χ2n) is 3.88. The van der Waals surface area contributed by atoms with Crippen molar-refractivity contribution in [3.8, 4) is 0 Å². The Balaban J connectivity index is 2.85. The molecule has 0 aliphatic heterocycles. The van der Waals surface area contributed by atoms with Crippen LogP contribution in [0.2, 0.25) is 0 Å². The summed E-state index contributed by atoms with van der Waals surface area (Å²) in [5.74, 6) is 0.839. The fraction of sp³-hybridized carbons (Fsp3) is 0.667. The molecule has 0 fully saturated rings. The van der Waals surface area contributed by atoms with Gasteiger partial charge in [0.1, 0.15) is 0 Å². The molecule has 0 radical (unpaired) electrons. The van der Waals surface area contributed by atoms with Crippen molar-refractivity contribution >= 4 is 5.95 Å². The highest BCUT2D eigenvalue weighted by molar-refractivity contribution is 5.31. The molecule has 90 valence electrons. The minimum absolute atomic E-state index is 0.839. The van der Waals surface area contributed by atoms with Gasteiger partial charge in [-0.2, -0.15) is 0 Å². The van der Waals surface area contributed by atoms with Gasteiger partial charge in [0.05, 0.1) is 0 Å². The zero-order chi connectivity index (χ0) is 12.0. The molecule has 0 amide bonds. The van der Waals surface area contributed by atoms with Crippen molar-refractivity contribution in [3.63, 3.8) is 0 Å². The van der Waals surface area contributed by atoms with Crippen LogP contribution in [0.4, 0.5) is 5.95 Å². The third kappa shape index (κ3) is 3.45. The largest absolute Gasteiger partial charge is 0.343 e. The van der Waals surface area contributed by atoms with Gasteiger partial charge < -0.3 is 10.2 Å². The van der Waals surface area contributed by atoms with Crippen molar-refractivity contribution in [3.05, 3.63) is 17.5 Å². The molecule has 0 bridgehead atoms. The Morgan fingerprint density at radius 3 is 2.19 bits per heavy atom. The maximum atomic E-state index is 4.54. The van der Waals surface area contributed by atoms with Crippen LogP contribution in [0.1, 0.15) is 25.2 Å². The Bertz CT molecular complexity index is 303. The lowest BCUT2D eigenvalue weighted by Crippen LogP contribution is -2.28. The van der Waals surface area contributed by atoms with Crippen LogP contribution in [0, 0.1) is 0 Å². The second-order valence-corrected chi connectivity index (χ2v) is 3.88. The Hall–Kier alpha value is -1.16. The summed E-state index contributed by atoms with van der Waals surface area (Å²) >= 11 is 0. The molecule has 0 unspecified atom stereocenters. The smallest absolute Gasteiger partial charge is 0.225 e. The van der Waals surface area contributed by atoms with Crippen LogP contribution in [0.25, 0.3) is 0 Å². The first kappa shape index (κ1) is 12.9. The number of aryl methyl sites for hydroxylation is 2. The maximum absolute atomic E-state index is 4.54. The van der Waals surface area contributed by atoms with E-state index in [1.54, 1.807) is 0 Å². The van der Waals surface area contributed by atoms with Gasteiger partial charge in [-0.15, -0.1) is 0 Å². The van der Waals surface area contributed by atoms with Crippen molar-refractivity contribution < 1.29 is 0 Å². The minimum Gasteiger partial charge on any atom is -0.343 e. The lowest BCUT2D eigenvalue weighted by atomic mass is 10.2. The van der Waals surface area contributed by atoms with E-state index >= 15 is 0 Å². The van der Waals surface area contributed by atoms with Crippen molar-refractivity contribution in [1.82, 2.24) is 15.3 Å². The van der Waals surface area contributed by atoms with E-state index in [1.165, 1.54) is 0 Å². The summed E-state index contributed by atoms with van der Waals surface area (Å²) in [6, 6.07) is 2.09. The number of nitrogens with one attached hydrogen (secondary N) is 1. The maximum Gasteiger partial charge on any atom is 0.225 e. The highest BCUT2D eigenvalue weighted by atomic mass is 15.2. The highest BCUT2D eigenvalue weighted by Crippen LogP contribution is 2.10. The lowest BCUT2D eigenvalue weighted by molar-refractivity contribution is 0.746. The third-order valence-electron chi connectivity index (χ3n) is 2.58. The number of anilines is 1. The van der Waals surface area contributed by atoms with Gasteiger partial charge in [0.2, 0.25) is 5.95 Å². The molecule has 1 N–H and O–H groups in total. The summed E-state index contributed by atoms with van der Waals surface area (Å²) in [4.78, 5) is 11.2. The Morgan fingerprint density at radius 2 is 1.75 bits per heavy atom. The van der Waals surface area contributed by atoms with E-state index in [4.69, 9.17) is 0 Å². The zero-order valence-corrected chi connectivity index (χ0v) is 10.7. The van der Waals surface area contributed by atoms with E-state index < -0.39 is 0 Å². The first-order valence-electron chi connectivity index (χ1n) is 5.93. The molecule has 4 heteroatoms. The molecule has 0 saturated heterocycles. The Kier molecular flexibility index (Phi) is 5.19. The predicted molar refractivity (Wildman–Crippen MR) is 68.0 cm³/mol. The highest BCUT2D eigenvalue weighted by Gasteiger charge is 2.06. The summed E-state index contributed by atoms with van der Waals surface area (Å²) in [6.45, 7) is 6.11. The normalized spacial score (nSPS) is 10.5. The molecule has 0 saturated carbocycles. The van der Waals surface area contributed by atoms with Gasteiger partial charge in [-0.25, -0.2) is 9.97 Å². The third-order valence-corrected chi connectivity index (χ3v) is 2.58. The van der Waals surface area contributed by atoms with Crippen LogP contribution >= 0.6 is 0 Å². The van der Waals surface area contributed by atoms with Gasteiger partial charge in [0.15, 0.2) is 0 Å². The zero-order valence-electron chi connectivity index (χ0n) is 10.7. The van der Waals surface area contributed by atoms with Gasteiger partial charge in [-0.1, -0.05) is 13.8 Å². The first-order valence-corrected chi connectivity index (χ1v) is 5.93. The molecule has 4 nitrogen and oxygen atoms in total. The molecule has 0 aliphatic carbocycles. The topological polar surface area (TPSA) is 41.1 Å². The molecule has 1 heterocycles. The Morgan fingerprint density at radius 1 is 1.19 bits per heavy atom. The van der Waals surface area contributed by atoms with Crippen molar-refractivity contribution in [2.24, 2.45) is 0 Å². The minimum atomic E-state index is 0.839. The predicted octanol–water partition coefficient (Wildman–Crippen LogP) is 1.26. The fourth-order valence-electron chi connectivity index (χ4n) is 1.45. The van der Waals surface area contributed by atoms with Crippen LogP contribution in [-0.4, -0.2) is 37.2 Å². The van der Waals surface area contributed by atoms with Crippen LogP contribution in [-0.2, 0) is 12.8 Å². The molecular formula is C12H22N4. The number of hydrogen-bond acceptors (Lipinski definition) is 4. The molecule has 1 aromatic rings. The Labute approximate surface area is 98.1 Å². The second kappa shape index (κ2) is 6.43. The van der Waals surface area contributed by atoms with Gasteiger partial charge >= 0.3 is 0 Å². The number of nitrogens with zero attached hydrogens (tertiary/aromatic N) is 3. The van der Waals surface area contributed by atoms with Gasteiger partial charge in [-0.3, -0.25) is 0 Å². The molecule has 1 aromatic heterocycles. The summed E-state index contributed by atoms with van der Waals surface area (Å²) < 4.78 is 0. The SMILES string of the molecule is CCc1cc(CC)nc(N(C)CCNC)n1. The van der Waals surface area contributed by atoms with E-state index in [2.05, 4.69) is 40.1 Å². The van der Waals surface area contributed by atoms with Gasteiger partial charge in [0, 0.05) is 31.5 Å². The molecule has 0 aliphatic rings. The number of likely N-dealkylation sites (N-methyl/N-ethyl adjacent to an activating group) is 2. The lowest BCUT2D eigenvalue weighted by Gasteiger charge is -2.18.